The highest BCUT2D eigenvalue weighted by atomic mass is 32.1. The average molecular weight is 359 g/mol. The van der Waals surface area contributed by atoms with Crippen LogP contribution in [0.4, 0.5) is 5.69 Å². The van der Waals surface area contributed by atoms with Crippen LogP contribution in [0.3, 0.4) is 0 Å². The normalized spacial score (nSPS) is 16.1. The number of thiophene rings is 1. The van der Waals surface area contributed by atoms with E-state index in [2.05, 4.69) is 41.5 Å². The van der Waals surface area contributed by atoms with Crippen LogP contribution in [0.15, 0.2) is 41.8 Å². The number of nitrogens with zero attached hydrogens (tertiary/aromatic N) is 2. The van der Waals surface area contributed by atoms with Crippen LogP contribution >= 0.6 is 11.3 Å². The van der Waals surface area contributed by atoms with Gasteiger partial charge in [0.2, 0.25) is 0 Å². The molecule has 0 atom stereocenters. The molecule has 0 radical (unpaired) electrons. The maximum absolute atomic E-state index is 12.7. The van der Waals surface area contributed by atoms with E-state index in [1.165, 1.54) is 10.4 Å². The summed E-state index contributed by atoms with van der Waals surface area (Å²) >= 11 is 1.81. The van der Waals surface area contributed by atoms with E-state index in [0.29, 0.717) is 0 Å². The molecular formula is C20H26N2O2S. The Balaban J connectivity index is 1.67. The highest BCUT2D eigenvalue weighted by molar-refractivity contribution is 7.09. The molecule has 0 unspecified atom stereocenters. The van der Waals surface area contributed by atoms with Crippen molar-refractivity contribution >= 4 is 22.9 Å². The lowest BCUT2D eigenvalue weighted by molar-refractivity contribution is -0.122. The number of amides is 1. The summed E-state index contributed by atoms with van der Waals surface area (Å²) < 4.78 is 5.11. The van der Waals surface area contributed by atoms with Crippen molar-refractivity contribution in [3.8, 4) is 0 Å². The summed E-state index contributed by atoms with van der Waals surface area (Å²) in [6, 6.07) is 12.8. The first-order chi connectivity index (χ1) is 12.2. The molecule has 25 heavy (non-hydrogen) atoms. The van der Waals surface area contributed by atoms with Gasteiger partial charge < -0.3 is 9.64 Å². The summed E-state index contributed by atoms with van der Waals surface area (Å²) in [5.74, 6) is 0.0445. The molecule has 1 aromatic heterocycles. The Morgan fingerprint density at radius 3 is 2.56 bits per heavy atom. The Morgan fingerprint density at radius 2 is 1.96 bits per heavy atom. The summed E-state index contributed by atoms with van der Waals surface area (Å²) in [6.45, 7) is 5.24. The van der Waals surface area contributed by atoms with Gasteiger partial charge in [-0.15, -0.1) is 11.3 Å². The van der Waals surface area contributed by atoms with Crippen molar-refractivity contribution in [2.24, 2.45) is 0 Å². The smallest absolute Gasteiger partial charge is 0.253 e. The fourth-order valence-electron chi connectivity index (χ4n) is 3.42. The van der Waals surface area contributed by atoms with Gasteiger partial charge in [-0.2, -0.15) is 0 Å². The number of carbonyl (C=O) groups excluding carboxylic acids is 1. The third kappa shape index (κ3) is 4.69. The molecule has 0 spiro atoms. The lowest BCUT2D eigenvalue weighted by Gasteiger charge is -2.38. The van der Waals surface area contributed by atoms with Crippen molar-refractivity contribution < 1.29 is 9.53 Å². The number of carbonyl (C=O) groups is 1. The maximum Gasteiger partial charge on any atom is 0.253 e. The Bertz CT molecular complexity index is 662. The van der Waals surface area contributed by atoms with Crippen LogP contribution < -0.4 is 4.90 Å². The molecule has 0 N–H and O–H groups in total. The van der Waals surface area contributed by atoms with Gasteiger partial charge in [-0.3, -0.25) is 9.69 Å². The summed E-state index contributed by atoms with van der Waals surface area (Å²) in [5, 5.41) is 2.13. The number of ether oxygens (including phenoxy) is 1. The molecule has 1 aliphatic rings. The van der Waals surface area contributed by atoms with Gasteiger partial charge in [0, 0.05) is 43.4 Å². The van der Waals surface area contributed by atoms with Gasteiger partial charge in [-0.1, -0.05) is 23.8 Å². The first-order valence-electron chi connectivity index (χ1n) is 8.80. The average Bonchev–Trinajstić information content (AvgIpc) is 3.12. The quantitative estimate of drug-likeness (QED) is 0.789. The van der Waals surface area contributed by atoms with Crippen molar-refractivity contribution in [2.45, 2.75) is 32.4 Å². The van der Waals surface area contributed by atoms with Gasteiger partial charge >= 0.3 is 0 Å². The van der Waals surface area contributed by atoms with Crippen molar-refractivity contribution in [1.29, 1.82) is 0 Å². The number of aryl methyl sites for hydroxylation is 1. The number of anilines is 1. The SMILES string of the molecule is COCC(=O)N(c1ccc(C)cc1)C1CCN(Cc2cccs2)CC1. The minimum atomic E-state index is 0.0445. The summed E-state index contributed by atoms with van der Waals surface area (Å²) in [7, 11) is 1.58. The van der Waals surface area contributed by atoms with Crippen LogP contribution in [-0.2, 0) is 16.1 Å². The van der Waals surface area contributed by atoms with Crippen LogP contribution in [0, 0.1) is 6.92 Å². The fourth-order valence-corrected chi connectivity index (χ4v) is 4.16. The predicted octanol–water partition coefficient (Wildman–Crippen LogP) is 3.70. The van der Waals surface area contributed by atoms with Crippen LogP contribution in [0.1, 0.15) is 23.3 Å². The van der Waals surface area contributed by atoms with E-state index in [4.69, 9.17) is 4.74 Å². The lowest BCUT2D eigenvalue weighted by atomic mass is 10.0. The molecule has 0 saturated carbocycles. The molecule has 1 fully saturated rings. The lowest BCUT2D eigenvalue weighted by Crippen LogP contribution is -2.48. The van der Waals surface area contributed by atoms with Gasteiger partial charge in [-0.05, 0) is 43.3 Å². The minimum Gasteiger partial charge on any atom is -0.375 e. The van der Waals surface area contributed by atoms with E-state index in [0.717, 1.165) is 38.2 Å². The Morgan fingerprint density at radius 1 is 1.24 bits per heavy atom. The summed E-state index contributed by atoms with van der Waals surface area (Å²) in [6.07, 6.45) is 1.99. The van der Waals surface area contributed by atoms with Crippen molar-refractivity contribution in [3.05, 3.63) is 52.2 Å². The maximum atomic E-state index is 12.7. The Labute approximate surface area is 154 Å². The van der Waals surface area contributed by atoms with E-state index in [1.807, 2.05) is 28.4 Å². The zero-order valence-corrected chi connectivity index (χ0v) is 15.8. The molecule has 4 nitrogen and oxygen atoms in total. The second-order valence-electron chi connectivity index (χ2n) is 6.62. The van der Waals surface area contributed by atoms with E-state index < -0.39 is 0 Å². The number of methoxy groups -OCH3 is 1. The van der Waals surface area contributed by atoms with Crippen LogP contribution in [-0.4, -0.2) is 43.7 Å². The van der Waals surface area contributed by atoms with Gasteiger partial charge in [0.1, 0.15) is 6.61 Å². The second kappa shape index (κ2) is 8.61. The summed E-state index contributed by atoms with van der Waals surface area (Å²) in [4.78, 5) is 18.5. The largest absolute Gasteiger partial charge is 0.375 e. The molecule has 0 aliphatic carbocycles. The van der Waals surface area contributed by atoms with Gasteiger partial charge in [0.05, 0.1) is 0 Å². The summed E-state index contributed by atoms with van der Waals surface area (Å²) in [5.41, 5.74) is 2.18. The number of rotatable bonds is 6. The molecule has 1 aromatic carbocycles. The highest BCUT2D eigenvalue weighted by Gasteiger charge is 2.29. The van der Waals surface area contributed by atoms with Crippen molar-refractivity contribution in [1.82, 2.24) is 4.90 Å². The molecule has 3 rings (SSSR count). The van der Waals surface area contributed by atoms with Crippen LogP contribution in [0.25, 0.3) is 0 Å². The zero-order valence-electron chi connectivity index (χ0n) is 15.0. The van der Waals surface area contributed by atoms with Crippen LogP contribution in [0.5, 0.6) is 0 Å². The van der Waals surface area contributed by atoms with Gasteiger partial charge in [0.25, 0.3) is 5.91 Å². The molecule has 2 heterocycles. The van der Waals surface area contributed by atoms with Crippen LogP contribution in [0.2, 0.25) is 0 Å². The van der Waals surface area contributed by atoms with E-state index in [-0.39, 0.29) is 18.6 Å². The number of likely N-dealkylation sites (tertiary alicyclic amines) is 1. The van der Waals surface area contributed by atoms with E-state index in [9.17, 15) is 4.79 Å². The zero-order chi connectivity index (χ0) is 17.6. The van der Waals surface area contributed by atoms with Crippen molar-refractivity contribution in [3.63, 3.8) is 0 Å². The molecule has 1 amide bonds. The van der Waals surface area contributed by atoms with Gasteiger partial charge in [0.15, 0.2) is 0 Å². The molecular weight excluding hydrogens is 332 g/mol. The second-order valence-corrected chi connectivity index (χ2v) is 7.65. The highest BCUT2D eigenvalue weighted by Crippen LogP contribution is 2.25. The molecule has 1 aliphatic heterocycles. The first kappa shape index (κ1) is 18.1. The Hall–Kier alpha value is -1.69. The van der Waals surface area contributed by atoms with E-state index in [1.54, 1.807) is 7.11 Å². The molecule has 5 heteroatoms. The first-order valence-corrected chi connectivity index (χ1v) is 9.67. The molecule has 2 aromatic rings. The van der Waals surface area contributed by atoms with Crippen molar-refractivity contribution in [2.75, 3.05) is 31.7 Å². The number of hydrogen-bond acceptors (Lipinski definition) is 4. The number of benzene rings is 1. The number of hydrogen-bond donors (Lipinski definition) is 0. The number of piperidine rings is 1. The predicted molar refractivity (Wildman–Crippen MR) is 103 cm³/mol. The van der Waals surface area contributed by atoms with Gasteiger partial charge in [-0.25, -0.2) is 0 Å². The third-order valence-electron chi connectivity index (χ3n) is 4.73. The fraction of sp³-hybridized carbons (Fsp3) is 0.450. The minimum absolute atomic E-state index is 0.0445. The van der Waals surface area contributed by atoms with E-state index >= 15 is 0 Å². The third-order valence-corrected chi connectivity index (χ3v) is 5.59. The molecule has 0 bridgehead atoms. The standard InChI is InChI=1S/C20H26N2O2S/c1-16-5-7-17(8-6-16)22(20(23)15-24-2)18-9-11-21(12-10-18)14-19-4-3-13-25-19/h3-8,13,18H,9-12,14-15H2,1-2H3. The topological polar surface area (TPSA) is 32.8 Å². The monoisotopic (exact) mass is 358 g/mol. The molecule has 1 saturated heterocycles. The Kier molecular flexibility index (Phi) is 6.24. The molecule has 134 valence electrons.